The second-order valence-corrected chi connectivity index (χ2v) is 14.4. The molecule has 0 aliphatic carbocycles. The van der Waals surface area contributed by atoms with Crippen LogP contribution in [0, 0.1) is 5.92 Å². The Bertz CT molecular complexity index is 1450. The highest BCUT2D eigenvalue weighted by Gasteiger charge is 2.39. The van der Waals surface area contributed by atoms with E-state index in [9.17, 15) is 26.4 Å². The summed E-state index contributed by atoms with van der Waals surface area (Å²) in [7, 11) is -8.26. The van der Waals surface area contributed by atoms with Gasteiger partial charge in [0.1, 0.15) is 16.7 Å². The van der Waals surface area contributed by atoms with Crippen LogP contribution in [0.3, 0.4) is 0 Å². The molecule has 0 unspecified atom stereocenters. The standard InChI is InChI=1S/C22H30ClN5O8S2/c1-6-27-12-18(19(23)25-27)37(32,33)28-11-15(9-13(2)20(29)26-38(34,35)22(3,4)5)36-17-8-7-14(10-16(17)28)24-21(30)31/h7-8,10,12-13,15,24H,6,9,11H2,1-5H3,(H,26,29)(H,30,31)/t13-,15-/m0/s1. The highest BCUT2D eigenvalue weighted by atomic mass is 35.5. The third-order valence-electron chi connectivity index (χ3n) is 5.83. The van der Waals surface area contributed by atoms with E-state index in [0.717, 1.165) is 4.31 Å². The third-order valence-corrected chi connectivity index (χ3v) is 10.1. The number of ether oxygens (including phenoxy) is 1. The summed E-state index contributed by atoms with van der Waals surface area (Å²) in [4.78, 5) is 23.6. The molecule has 2 amide bonds. The highest BCUT2D eigenvalue weighted by Crippen LogP contribution is 2.40. The molecule has 0 radical (unpaired) electrons. The van der Waals surface area contributed by atoms with E-state index in [1.165, 1.54) is 56.8 Å². The van der Waals surface area contributed by atoms with Crippen LogP contribution in [-0.4, -0.2) is 61.1 Å². The monoisotopic (exact) mass is 591 g/mol. The number of carbonyl (C=O) groups is 2. The summed E-state index contributed by atoms with van der Waals surface area (Å²) < 4.78 is 61.5. The van der Waals surface area contributed by atoms with Crippen molar-refractivity contribution in [2.45, 2.75) is 63.3 Å². The van der Waals surface area contributed by atoms with Crippen LogP contribution in [0.5, 0.6) is 5.75 Å². The smallest absolute Gasteiger partial charge is 0.409 e. The van der Waals surface area contributed by atoms with Crippen LogP contribution in [0.15, 0.2) is 29.3 Å². The molecule has 3 rings (SSSR count). The summed E-state index contributed by atoms with van der Waals surface area (Å²) in [5.41, 5.74) is 0.161. The van der Waals surface area contributed by atoms with Crippen LogP contribution in [0.1, 0.15) is 41.0 Å². The molecule has 16 heteroatoms. The average molecular weight is 592 g/mol. The predicted molar refractivity (Wildman–Crippen MR) is 141 cm³/mol. The molecule has 1 aliphatic rings. The molecule has 0 bridgehead atoms. The molecule has 3 N–H and O–H groups in total. The van der Waals surface area contributed by atoms with Crippen molar-refractivity contribution in [3.63, 3.8) is 0 Å². The molecule has 2 atom stereocenters. The second kappa shape index (κ2) is 10.6. The topological polar surface area (TPSA) is 177 Å². The zero-order chi connectivity index (χ0) is 28.6. The Kier molecular flexibility index (Phi) is 8.24. The first-order valence-electron chi connectivity index (χ1n) is 11.6. The van der Waals surface area contributed by atoms with E-state index >= 15 is 0 Å². The molecule has 210 valence electrons. The maximum Gasteiger partial charge on any atom is 0.409 e. The Morgan fingerprint density at radius 3 is 2.47 bits per heavy atom. The molecule has 0 fully saturated rings. The second-order valence-electron chi connectivity index (χ2n) is 9.75. The maximum atomic E-state index is 13.7. The lowest BCUT2D eigenvalue weighted by Gasteiger charge is -2.36. The number of fused-ring (bicyclic) bond motifs is 1. The first-order valence-corrected chi connectivity index (χ1v) is 14.9. The zero-order valence-corrected chi connectivity index (χ0v) is 23.8. The van der Waals surface area contributed by atoms with Gasteiger partial charge >= 0.3 is 6.09 Å². The van der Waals surface area contributed by atoms with Crippen molar-refractivity contribution >= 4 is 55.0 Å². The fraction of sp³-hybridized carbons (Fsp3) is 0.500. The van der Waals surface area contributed by atoms with Gasteiger partial charge in [0, 0.05) is 24.3 Å². The maximum absolute atomic E-state index is 13.7. The molecule has 1 aromatic carbocycles. The Labute approximate surface area is 226 Å². The van der Waals surface area contributed by atoms with Gasteiger partial charge in [-0.2, -0.15) is 5.10 Å². The Hall–Kier alpha value is -3.04. The quantitative estimate of drug-likeness (QED) is 0.416. The van der Waals surface area contributed by atoms with Gasteiger partial charge in [-0.3, -0.25) is 23.8 Å². The molecule has 0 saturated carbocycles. The molecular formula is C22H30ClN5O8S2. The third kappa shape index (κ3) is 6.15. The number of halogens is 1. The number of carbonyl (C=O) groups excluding carboxylic acids is 1. The lowest BCUT2D eigenvalue weighted by molar-refractivity contribution is -0.123. The molecule has 38 heavy (non-hydrogen) atoms. The fourth-order valence-electron chi connectivity index (χ4n) is 3.58. The van der Waals surface area contributed by atoms with Gasteiger partial charge in [-0.1, -0.05) is 18.5 Å². The number of carboxylic acid groups (broad SMARTS) is 1. The van der Waals surface area contributed by atoms with Crippen LogP contribution in [-0.2, 0) is 31.4 Å². The summed E-state index contributed by atoms with van der Waals surface area (Å²) in [6.07, 6.45) is -0.928. The minimum atomic E-state index is -4.31. The van der Waals surface area contributed by atoms with E-state index < -0.39 is 48.8 Å². The number of sulfonamides is 2. The normalized spacial score (nSPS) is 16.8. The fourth-order valence-corrected chi connectivity index (χ4v) is 6.31. The number of nitrogens with zero attached hydrogens (tertiary/aromatic N) is 3. The van der Waals surface area contributed by atoms with Crippen molar-refractivity contribution in [2.75, 3.05) is 16.2 Å². The number of rotatable bonds is 8. The number of hydrogen-bond acceptors (Lipinski definition) is 8. The number of aryl methyl sites for hydroxylation is 1. The summed E-state index contributed by atoms with van der Waals surface area (Å²) >= 11 is 6.15. The van der Waals surface area contributed by atoms with E-state index in [4.69, 9.17) is 21.4 Å². The zero-order valence-electron chi connectivity index (χ0n) is 21.4. The number of nitrogens with one attached hydrogen (secondary N) is 2. The van der Waals surface area contributed by atoms with Crippen molar-refractivity contribution in [2.24, 2.45) is 5.92 Å². The van der Waals surface area contributed by atoms with E-state index in [0.29, 0.717) is 6.54 Å². The van der Waals surface area contributed by atoms with Crippen molar-refractivity contribution in [1.82, 2.24) is 14.5 Å². The first-order chi connectivity index (χ1) is 17.5. The first kappa shape index (κ1) is 29.5. The number of aromatic nitrogens is 2. The predicted octanol–water partition coefficient (Wildman–Crippen LogP) is 2.87. The van der Waals surface area contributed by atoms with Gasteiger partial charge < -0.3 is 9.84 Å². The summed E-state index contributed by atoms with van der Waals surface area (Å²) in [6, 6.07) is 4.11. The number of benzene rings is 1. The lowest BCUT2D eigenvalue weighted by atomic mass is 10.0. The Morgan fingerprint density at radius 1 is 1.26 bits per heavy atom. The summed E-state index contributed by atoms with van der Waals surface area (Å²) in [6.45, 7) is 7.74. The Balaban J connectivity index is 1.96. The molecule has 2 heterocycles. The molecule has 0 spiro atoms. The van der Waals surface area contributed by atoms with Gasteiger partial charge in [0.2, 0.25) is 15.9 Å². The number of amides is 2. The van der Waals surface area contributed by atoms with Gasteiger partial charge in [-0.15, -0.1) is 0 Å². The lowest BCUT2D eigenvalue weighted by Crippen LogP contribution is -2.47. The van der Waals surface area contributed by atoms with Gasteiger partial charge in [0.05, 0.1) is 17.0 Å². The van der Waals surface area contributed by atoms with E-state index in [-0.39, 0.29) is 40.1 Å². The minimum Gasteiger partial charge on any atom is -0.486 e. The molecular weight excluding hydrogens is 562 g/mol. The van der Waals surface area contributed by atoms with Gasteiger partial charge in [-0.05, 0) is 52.3 Å². The van der Waals surface area contributed by atoms with Crippen molar-refractivity contribution in [3.8, 4) is 5.75 Å². The molecule has 1 aliphatic heterocycles. The van der Waals surface area contributed by atoms with Gasteiger partial charge in [0.15, 0.2) is 5.15 Å². The SMILES string of the molecule is CCn1cc(S(=O)(=O)N2C[C@H](C[C@H](C)C(=O)NS(=O)(=O)C(C)(C)C)Oc3ccc(NC(=O)O)cc32)c(Cl)n1. The molecule has 0 saturated heterocycles. The van der Waals surface area contributed by atoms with Crippen molar-refractivity contribution in [3.05, 3.63) is 29.5 Å². The summed E-state index contributed by atoms with van der Waals surface area (Å²) in [5, 5.41) is 15.0. The largest absolute Gasteiger partial charge is 0.486 e. The van der Waals surface area contributed by atoms with E-state index in [1.807, 2.05) is 0 Å². The van der Waals surface area contributed by atoms with Crippen molar-refractivity contribution < 1.29 is 36.3 Å². The Morgan fingerprint density at radius 2 is 1.92 bits per heavy atom. The van der Waals surface area contributed by atoms with E-state index in [2.05, 4.69) is 15.1 Å². The highest BCUT2D eigenvalue weighted by molar-refractivity contribution is 7.93. The van der Waals surface area contributed by atoms with Crippen molar-refractivity contribution in [1.29, 1.82) is 0 Å². The molecule has 2 aromatic rings. The van der Waals surface area contributed by atoms with Gasteiger partial charge in [0.25, 0.3) is 10.0 Å². The van der Waals surface area contributed by atoms with Gasteiger partial charge in [-0.25, -0.2) is 21.6 Å². The van der Waals surface area contributed by atoms with Crippen LogP contribution in [0.2, 0.25) is 5.15 Å². The molecule has 1 aromatic heterocycles. The number of hydrogen-bond donors (Lipinski definition) is 3. The van der Waals surface area contributed by atoms with Crippen LogP contribution < -0.4 is 19.1 Å². The van der Waals surface area contributed by atoms with Crippen LogP contribution in [0.25, 0.3) is 0 Å². The van der Waals surface area contributed by atoms with E-state index in [1.54, 1.807) is 6.92 Å². The average Bonchev–Trinajstić information content (AvgIpc) is 3.18. The summed E-state index contributed by atoms with van der Waals surface area (Å²) in [5.74, 6) is -1.49. The van der Waals surface area contributed by atoms with Crippen LogP contribution >= 0.6 is 11.6 Å². The molecule has 13 nitrogen and oxygen atoms in total. The van der Waals surface area contributed by atoms with Crippen LogP contribution in [0.4, 0.5) is 16.2 Å². The number of anilines is 2. The minimum absolute atomic E-state index is 0.0198.